The third kappa shape index (κ3) is 4.00. The fourth-order valence-electron chi connectivity index (χ4n) is 2.18. The number of anilines is 1. The van der Waals surface area contributed by atoms with Gasteiger partial charge in [0, 0.05) is 32.4 Å². The zero-order chi connectivity index (χ0) is 15.2. The highest BCUT2D eigenvalue weighted by Gasteiger charge is 2.13. The Morgan fingerprint density at radius 2 is 2.10 bits per heavy atom. The third-order valence-corrected chi connectivity index (χ3v) is 3.14. The first-order valence-electron chi connectivity index (χ1n) is 6.63. The van der Waals surface area contributed by atoms with Crippen LogP contribution < -0.4 is 5.32 Å². The fraction of sp³-hybridized carbons (Fsp3) is 0.267. The molecule has 0 saturated carbocycles. The molecule has 0 atom stereocenters. The third-order valence-electron chi connectivity index (χ3n) is 3.14. The second kappa shape index (κ2) is 6.81. The summed E-state index contributed by atoms with van der Waals surface area (Å²) in [5, 5.41) is 13.8. The first-order chi connectivity index (χ1) is 10.1. The van der Waals surface area contributed by atoms with Crippen molar-refractivity contribution < 1.29 is 4.92 Å². The number of nitro groups is 1. The summed E-state index contributed by atoms with van der Waals surface area (Å²) >= 11 is 0. The number of rotatable bonds is 6. The van der Waals surface area contributed by atoms with Gasteiger partial charge in [-0.15, -0.1) is 0 Å². The lowest BCUT2D eigenvalue weighted by Crippen LogP contribution is -2.18. The van der Waals surface area contributed by atoms with Crippen LogP contribution in [0.15, 0.2) is 42.6 Å². The van der Waals surface area contributed by atoms with Crippen LogP contribution in [0, 0.1) is 10.1 Å². The molecule has 0 saturated heterocycles. The first kappa shape index (κ1) is 14.9. The molecule has 6 nitrogen and oxygen atoms in total. The van der Waals surface area contributed by atoms with Crippen molar-refractivity contribution in [1.82, 2.24) is 9.88 Å². The van der Waals surface area contributed by atoms with Crippen molar-refractivity contribution in [1.29, 1.82) is 0 Å². The van der Waals surface area contributed by atoms with E-state index in [0.29, 0.717) is 12.2 Å². The van der Waals surface area contributed by atoms with Gasteiger partial charge in [0.05, 0.1) is 10.6 Å². The number of pyridine rings is 1. The molecular weight excluding hydrogens is 268 g/mol. The van der Waals surface area contributed by atoms with Crippen LogP contribution >= 0.6 is 0 Å². The van der Waals surface area contributed by atoms with Crippen LogP contribution in [-0.4, -0.2) is 28.9 Å². The Hall–Kier alpha value is -2.47. The highest BCUT2D eigenvalue weighted by molar-refractivity contribution is 5.62. The molecule has 1 aromatic carbocycles. The minimum Gasteiger partial charge on any atom is -0.383 e. The van der Waals surface area contributed by atoms with E-state index >= 15 is 0 Å². The van der Waals surface area contributed by atoms with Gasteiger partial charge in [0.25, 0.3) is 5.69 Å². The molecule has 0 spiro atoms. The van der Waals surface area contributed by atoms with Crippen LogP contribution in [0.25, 0.3) is 0 Å². The lowest BCUT2D eigenvalue weighted by Gasteiger charge is -2.16. The SMILES string of the molecule is CNc1cc(CN(C)Cc2ccccn2)ccc1[N+](=O)[O-]. The average molecular weight is 286 g/mol. The van der Waals surface area contributed by atoms with E-state index in [2.05, 4.69) is 15.2 Å². The van der Waals surface area contributed by atoms with E-state index < -0.39 is 0 Å². The van der Waals surface area contributed by atoms with Crippen LogP contribution in [0.1, 0.15) is 11.3 Å². The molecule has 0 amide bonds. The maximum absolute atomic E-state index is 10.9. The van der Waals surface area contributed by atoms with E-state index in [1.54, 1.807) is 19.3 Å². The van der Waals surface area contributed by atoms with Crippen molar-refractivity contribution in [2.45, 2.75) is 13.1 Å². The monoisotopic (exact) mass is 286 g/mol. The molecule has 2 rings (SSSR count). The second-order valence-corrected chi connectivity index (χ2v) is 4.85. The number of hydrogen-bond acceptors (Lipinski definition) is 5. The molecular formula is C15H18N4O2. The summed E-state index contributed by atoms with van der Waals surface area (Å²) in [6, 6.07) is 11.0. The zero-order valence-corrected chi connectivity index (χ0v) is 12.1. The van der Waals surface area contributed by atoms with Gasteiger partial charge >= 0.3 is 0 Å². The summed E-state index contributed by atoms with van der Waals surface area (Å²) in [7, 11) is 3.68. The van der Waals surface area contributed by atoms with Gasteiger partial charge in [0.2, 0.25) is 0 Å². The van der Waals surface area contributed by atoms with Gasteiger partial charge in [-0.25, -0.2) is 0 Å². The molecule has 6 heteroatoms. The van der Waals surface area contributed by atoms with Crippen LogP contribution in [0.2, 0.25) is 0 Å². The minimum atomic E-state index is -0.382. The molecule has 0 aliphatic carbocycles. The summed E-state index contributed by atoms with van der Waals surface area (Å²) < 4.78 is 0. The molecule has 0 radical (unpaired) electrons. The van der Waals surface area contributed by atoms with Gasteiger partial charge in [-0.1, -0.05) is 12.1 Å². The van der Waals surface area contributed by atoms with Crippen LogP contribution in [0.4, 0.5) is 11.4 Å². The summed E-state index contributed by atoms with van der Waals surface area (Å²) in [4.78, 5) is 16.9. The van der Waals surface area contributed by atoms with Gasteiger partial charge in [-0.2, -0.15) is 0 Å². The van der Waals surface area contributed by atoms with E-state index in [0.717, 1.165) is 17.8 Å². The van der Waals surface area contributed by atoms with Crippen molar-refractivity contribution in [3.05, 3.63) is 64.0 Å². The summed E-state index contributed by atoms with van der Waals surface area (Å²) in [5.74, 6) is 0. The standard InChI is InChI=1S/C15H18N4O2/c1-16-14-9-12(6-7-15(14)19(20)21)10-18(2)11-13-5-3-4-8-17-13/h3-9,16H,10-11H2,1-2H3. The first-order valence-corrected chi connectivity index (χ1v) is 6.63. The van der Waals surface area contributed by atoms with Gasteiger partial charge in [-0.05, 0) is 30.8 Å². The Labute approximate surface area is 123 Å². The maximum atomic E-state index is 10.9. The van der Waals surface area contributed by atoms with E-state index in [4.69, 9.17) is 0 Å². The van der Waals surface area contributed by atoms with E-state index in [9.17, 15) is 10.1 Å². The van der Waals surface area contributed by atoms with Crippen molar-refractivity contribution in [3.8, 4) is 0 Å². The summed E-state index contributed by atoms with van der Waals surface area (Å²) in [6.07, 6.45) is 1.77. The number of nitro benzene ring substituents is 1. The topological polar surface area (TPSA) is 71.3 Å². The molecule has 1 heterocycles. The minimum absolute atomic E-state index is 0.0913. The maximum Gasteiger partial charge on any atom is 0.292 e. The lowest BCUT2D eigenvalue weighted by molar-refractivity contribution is -0.384. The molecule has 1 aromatic heterocycles. The average Bonchev–Trinajstić information content (AvgIpc) is 2.47. The van der Waals surface area contributed by atoms with E-state index in [1.165, 1.54) is 6.07 Å². The largest absolute Gasteiger partial charge is 0.383 e. The molecule has 2 aromatic rings. The molecule has 0 aliphatic heterocycles. The molecule has 0 fully saturated rings. The molecule has 0 bridgehead atoms. The Balaban J connectivity index is 2.07. The van der Waals surface area contributed by atoms with Crippen LogP contribution in [0.3, 0.4) is 0 Å². The number of nitrogens with zero attached hydrogens (tertiary/aromatic N) is 3. The van der Waals surface area contributed by atoms with Gasteiger partial charge in [0.15, 0.2) is 0 Å². The number of aromatic nitrogens is 1. The number of nitrogens with one attached hydrogen (secondary N) is 1. The second-order valence-electron chi connectivity index (χ2n) is 4.85. The Kier molecular flexibility index (Phi) is 4.84. The highest BCUT2D eigenvalue weighted by Crippen LogP contribution is 2.25. The molecule has 1 N–H and O–H groups in total. The van der Waals surface area contributed by atoms with Crippen LogP contribution in [0.5, 0.6) is 0 Å². The molecule has 110 valence electrons. The van der Waals surface area contributed by atoms with Gasteiger partial charge < -0.3 is 5.32 Å². The Morgan fingerprint density at radius 1 is 1.29 bits per heavy atom. The highest BCUT2D eigenvalue weighted by atomic mass is 16.6. The van der Waals surface area contributed by atoms with Crippen molar-refractivity contribution in [2.24, 2.45) is 0 Å². The van der Waals surface area contributed by atoms with E-state index in [1.807, 2.05) is 31.3 Å². The van der Waals surface area contributed by atoms with Crippen molar-refractivity contribution >= 4 is 11.4 Å². The molecule has 0 unspecified atom stereocenters. The van der Waals surface area contributed by atoms with Gasteiger partial charge in [0.1, 0.15) is 5.69 Å². The van der Waals surface area contributed by atoms with Crippen molar-refractivity contribution in [2.75, 3.05) is 19.4 Å². The van der Waals surface area contributed by atoms with E-state index in [-0.39, 0.29) is 10.6 Å². The number of hydrogen-bond donors (Lipinski definition) is 1. The normalized spacial score (nSPS) is 10.6. The smallest absolute Gasteiger partial charge is 0.292 e. The quantitative estimate of drug-likeness (QED) is 0.653. The predicted octanol–water partition coefficient (Wildman–Crippen LogP) is 2.66. The Morgan fingerprint density at radius 3 is 2.71 bits per heavy atom. The Bertz CT molecular complexity index is 616. The zero-order valence-electron chi connectivity index (χ0n) is 12.1. The number of benzene rings is 1. The van der Waals surface area contributed by atoms with Crippen molar-refractivity contribution in [3.63, 3.8) is 0 Å². The van der Waals surface area contributed by atoms with Gasteiger partial charge in [-0.3, -0.25) is 20.0 Å². The summed E-state index contributed by atoms with van der Waals surface area (Å²) in [6.45, 7) is 1.43. The molecule has 0 aliphatic rings. The molecule has 21 heavy (non-hydrogen) atoms. The lowest BCUT2D eigenvalue weighted by atomic mass is 10.1. The van der Waals surface area contributed by atoms with Crippen LogP contribution in [-0.2, 0) is 13.1 Å². The summed E-state index contributed by atoms with van der Waals surface area (Å²) in [5.41, 5.74) is 2.64. The fourth-order valence-corrected chi connectivity index (χ4v) is 2.18. The predicted molar refractivity (Wildman–Crippen MR) is 82.1 cm³/mol.